The van der Waals surface area contributed by atoms with Crippen molar-refractivity contribution in [1.29, 1.82) is 0 Å². The van der Waals surface area contributed by atoms with Crippen LogP contribution in [0.2, 0.25) is 0 Å². The minimum Gasteiger partial charge on any atom is -0.454 e. The van der Waals surface area contributed by atoms with Crippen LogP contribution in [0.25, 0.3) is 10.8 Å². The van der Waals surface area contributed by atoms with Crippen molar-refractivity contribution in [3.63, 3.8) is 0 Å². The van der Waals surface area contributed by atoms with Crippen molar-refractivity contribution in [3.8, 4) is 11.5 Å². The summed E-state index contributed by atoms with van der Waals surface area (Å²) in [6.07, 6.45) is 1.36. The first-order valence-corrected chi connectivity index (χ1v) is 10.9. The summed E-state index contributed by atoms with van der Waals surface area (Å²) < 4.78 is 10.5. The molecule has 33 heavy (non-hydrogen) atoms. The molecule has 0 spiro atoms. The van der Waals surface area contributed by atoms with Gasteiger partial charge in [-0.15, -0.1) is 0 Å². The van der Waals surface area contributed by atoms with Crippen molar-refractivity contribution in [3.05, 3.63) is 71.8 Å². The molecule has 8 nitrogen and oxygen atoms in total. The number of likely N-dealkylation sites (tertiary alicyclic amines) is 1. The molecule has 2 N–H and O–H groups in total. The Bertz CT molecular complexity index is 1240. The second-order valence-corrected chi connectivity index (χ2v) is 8.13. The number of nitrogens with one attached hydrogen (secondary N) is 2. The highest BCUT2D eigenvalue weighted by Gasteiger charge is 2.30. The molecule has 5 rings (SSSR count). The van der Waals surface area contributed by atoms with Crippen LogP contribution >= 0.6 is 0 Å². The molecule has 0 aliphatic carbocycles. The fourth-order valence-corrected chi connectivity index (χ4v) is 4.29. The Balaban J connectivity index is 1.22. The lowest BCUT2D eigenvalue weighted by atomic mass is 9.96. The minimum atomic E-state index is -0.457. The molecule has 8 heteroatoms. The van der Waals surface area contributed by atoms with Crippen LogP contribution in [0.1, 0.15) is 33.6 Å². The van der Waals surface area contributed by atoms with Crippen LogP contribution in [0.3, 0.4) is 0 Å². The van der Waals surface area contributed by atoms with E-state index in [4.69, 9.17) is 9.47 Å². The van der Waals surface area contributed by atoms with Crippen LogP contribution in [0.4, 0.5) is 0 Å². The highest BCUT2D eigenvalue weighted by Crippen LogP contribution is 2.32. The molecule has 0 bridgehead atoms. The lowest BCUT2D eigenvalue weighted by Crippen LogP contribution is -2.50. The number of piperidine rings is 1. The van der Waals surface area contributed by atoms with Crippen LogP contribution < -0.4 is 20.3 Å². The van der Waals surface area contributed by atoms with Crippen LogP contribution in [0.5, 0.6) is 11.5 Å². The topological polar surface area (TPSA) is 97.0 Å². The maximum atomic E-state index is 13.2. The van der Waals surface area contributed by atoms with Gasteiger partial charge in [-0.2, -0.15) is 0 Å². The van der Waals surface area contributed by atoms with Crippen LogP contribution in [0.15, 0.2) is 60.7 Å². The summed E-state index contributed by atoms with van der Waals surface area (Å²) in [5.74, 6) is -0.207. The Morgan fingerprint density at radius 1 is 0.909 bits per heavy atom. The molecule has 1 atom stereocenters. The van der Waals surface area contributed by atoms with Gasteiger partial charge in [-0.05, 0) is 47.9 Å². The number of hydrogen-bond acceptors (Lipinski definition) is 5. The van der Waals surface area contributed by atoms with E-state index in [9.17, 15) is 14.4 Å². The third-order valence-electron chi connectivity index (χ3n) is 6.03. The zero-order valence-corrected chi connectivity index (χ0v) is 17.9. The predicted octanol–water partition coefficient (Wildman–Crippen LogP) is 2.88. The molecule has 0 aromatic heterocycles. The number of carbonyl (C=O) groups excluding carboxylic acids is 3. The van der Waals surface area contributed by atoms with Crippen molar-refractivity contribution in [1.82, 2.24) is 15.8 Å². The molecule has 3 amide bonds. The molecular weight excluding hydrogens is 422 g/mol. The number of rotatable bonds is 3. The van der Waals surface area contributed by atoms with Gasteiger partial charge in [0.25, 0.3) is 11.8 Å². The van der Waals surface area contributed by atoms with E-state index >= 15 is 0 Å². The summed E-state index contributed by atoms with van der Waals surface area (Å²) in [4.78, 5) is 40.1. The maximum absolute atomic E-state index is 13.2. The molecule has 0 unspecified atom stereocenters. The lowest BCUT2D eigenvalue weighted by molar-refractivity contribution is -0.127. The number of amides is 3. The van der Waals surface area contributed by atoms with Gasteiger partial charge in [0.05, 0.1) is 5.92 Å². The summed E-state index contributed by atoms with van der Waals surface area (Å²) >= 11 is 0. The standard InChI is InChI=1S/C25H23N3O5/c29-23(17-10-11-21-22(13-17)33-15-32-21)26-27-24(30)18-7-4-12-28(14-18)25(31)20-9-3-6-16-5-1-2-8-19(16)20/h1-3,5-6,8-11,13,18H,4,7,12,14-15H2,(H,26,29)(H,27,30)/t18-/m0/s1. The first-order valence-electron chi connectivity index (χ1n) is 10.9. The van der Waals surface area contributed by atoms with E-state index in [1.54, 1.807) is 23.1 Å². The summed E-state index contributed by atoms with van der Waals surface area (Å²) in [5, 5.41) is 1.90. The maximum Gasteiger partial charge on any atom is 0.269 e. The Hall–Kier alpha value is -4.07. The molecule has 3 aromatic carbocycles. The highest BCUT2D eigenvalue weighted by atomic mass is 16.7. The molecular formula is C25H23N3O5. The quantitative estimate of drug-likeness (QED) is 0.605. The largest absolute Gasteiger partial charge is 0.454 e. The van der Waals surface area contributed by atoms with Gasteiger partial charge in [0.2, 0.25) is 12.7 Å². The van der Waals surface area contributed by atoms with Gasteiger partial charge in [-0.25, -0.2) is 0 Å². The number of hydrazine groups is 1. The minimum absolute atomic E-state index is 0.0892. The average molecular weight is 445 g/mol. The summed E-state index contributed by atoms with van der Waals surface area (Å²) in [7, 11) is 0. The predicted molar refractivity (Wildman–Crippen MR) is 121 cm³/mol. The van der Waals surface area contributed by atoms with Gasteiger partial charge in [0, 0.05) is 24.2 Å². The van der Waals surface area contributed by atoms with Gasteiger partial charge < -0.3 is 14.4 Å². The second-order valence-electron chi connectivity index (χ2n) is 8.13. The van der Waals surface area contributed by atoms with Gasteiger partial charge in [0.15, 0.2) is 11.5 Å². The molecule has 3 aromatic rings. The number of nitrogens with zero attached hydrogens (tertiary/aromatic N) is 1. The molecule has 168 valence electrons. The van der Waals surface area contributed by atoms with E-state index in [2.05, 4.69) is 10.9 Å². The van der Waals surface area contributed by atoms with E-state index in [1.807, 2.05) is 42.5 Å². The monoisotopic (exact) mass is 445 g/mol. The summed E-state index contributed by atoms with van der Waals surface area (Å²) in [6.45, 7) is 1.01. The van der Waals surface area contributed by atoms with Crippen molar-refractivity contribution in [2.24, 2.45) is 5.92 Å². The number of hydrogen-bond donors (Lipinski definition) is 2. The highest BCUT2D eigenvalue weighted by molar-refractivity contribution is 6.07. The van der Waals surface area contributed by atoms with Crippen molar-refractivity contribution >= 4 is 28.5 Å². The number of benzene rings is 3. The first-order chi connectivity index (χ1) is 16.1. The second kappa shape index (κ2) is 8.82. The van der Waals surface area contributed by atoms with Gasteiger partial charge in [-0.1, -0.05) is 36.4 Å². The summed E-state index contributed by atoms with van der Waals surface area (Å²) in [6, 6.07) is 18.2. The zero-order chi connectivity index (χ0) is 22.8. The van der Waals surface area contributed by atoms with Crippen LogP contribution in [0, 0.1) is 5.92 Å². The van der Waals surface area contributed by atoms with Crippen molar-refractivity contribution in [2.75, 3.05) is 19.9 Å². The molecule has 2 heterocycles. The van der Waals surface area contributed by atoms with Gasteiger partial charge in [-0.3, -0.25) is 25.2 Å². The Morgan fingerprint density at radius 2 is 1.73 bits per heavy atom. The van der Waals surface area contributed by atoms with E-state index in [0.717, 1.165) is 10.8 Å². The van der Waals surface area contributed by atoms with Gasteiger partial charge >= 0.3 is 0 Å². The average Bonchev–Trinajstić information content (AvgIpc) is 3.34. The number of fused-ring (bicyclic) bond motifs is 2. The Kier molecular flexibility index (Phi) is 5.56. The molecule has 0 radical (unpaired) electrons. The SMILES string of the molecule is O=C(NNC(=O)[C@H]1CCCN(C(=O)c2cccc3ccccc23)C1)c1ccc2c(c1)OCO2. The molecule has 0 saturated carbocycles. The van der Waals surface area contributed by atoms with Crippen LogP contribution in [-0.4, -0.2) is 42.5 Å². The van der Waals surface area contributed by atoms with E-state index in [1.165, 1.54) is 0 Å². The number of ether oxygens (including phenoxy) is 2. The van der Waals surface area contributed by atoms with Crippen LogP contribution in [-0.2, 0) is 4.79 Å². The van der Waals surface area contributed by atoms with Crippen molar-refractivity contribution in [2.45, 2.75) is 12.8 Å². The Morgan fingerprint density at radius 3 is 2.64 bits per heavy atom. The molecule has 2 aliphatic heterocycles. The molecule has 1 saturated heterocycles. The zero-order valence-electron chi connectivity index (χ0n) is 17.9. The van der Waals surface area contributed by atoms with E-state index < -0.39 is 11.8 Å². The van der Waals surface area contributed by atoms with Gasteiger partial charge in [0.1, 0.15) is 0 Å². The molecule has 2 aliphatic rings. The number of carbonyl (C=O) groups is 3. The third-order valence-corrected chi connectivity index (χ3v) is 6.03. The lowest BCUT2D eigenvalue weighted by Gasteiger charge is -2.32. The smallest absolute Gasteiger partial charge is 0.269 e. The summed E-state index contributed by atoms with van der Waals surface area (Å²) in [5.41, 5.74) is 5.92. The first kappa shape index (κ1) is 20.8. The third kappa shape index (κ3) is 4.19. The normalized spacial score (nSPS) is 17.0. The fourth-order valence-electron chi connectivity index (χ4n) is 4.29. The Labute approximate surface area is 190 Å². The molecule has 1 fully saturated rings. The fraction of sp³-hybridized carbons (Fsp3) is 0.240. The van der Waals surface area contributed by atoms with E-state index in [-0.39, 0.29) is 18.6 Å². The van der Waals surface area contributed by atoms with Crippen molar-refractivity contribution < 1.29 is 23.9 Å². The van der Waals surface area contributed by atoms with E-state index in [0.29, 0.717) is 48.6 Å².